The van der Waals surface area contributed by atoms with Crippen LogP contribution in [-0.2, 0) is 0 Å². The van der Waals surface area contributed by atoms with Crippen LogP contribution in [0.15, 0.2) is 11.1 Å². The van der Waals surface area contributed by atoms with Gasteiger partial charge >= 0.3 is 0 Å². The van der Waals surface area contributed by atoms with Crippen molar-refractivity contribution in [2.75, 3.05) is 0 Å². The molecule has 0 aliphatic heterocycles. The first-order valence-corrected chi connectivity index (χ1v) is 4.42. The molecule has 0 aromatic heterocycles. The zero-order valence-electron chi connectivity index (χ0n) is 8.44. The SMILES string of the molecule is CC/C(C)=C(\C)[C@@H](C)[C@H](C)N. The van der Waals surface area contributed by atoms with Gasteiger partial charge in [0.05, 0.1) is 0 Å². The molecule has 11 heavy (non-hydrogen) atoms. The highest BCUT2D eigenvalue weighted by Gasteiger charge is 2.10. The topological polar surface area (TPSA) is 26.0 Å². The van der Waals surface area contributed by atoms with E-state index in [1.807, 2.05) is 0 Å². The van der Waals surface area contributed by atoms with E-state index in [0.717, 1.165) is 6.42 Å². The van der Waals surface area contributed by atoms with Crippen molar-refractivity contribution in [3.63, 3.8) is 0 Å². The van der Waals surface area contributed by atoms with Crippen LogP contribution in [0.2, 0.25) is 0 Å². The Morgan fingerprint density at radius 1 is 1.27 bits per heavy atom. The Hall–Kier alpha value is -0.300. The summed E-state index contributed by atoms with van der Waals surface area (Å²) in [6, 6.07) is 0.275. The van der Waals surface area contributed by atoms with Gasteiger partial charge in [0.15, 0.2) is 0 Å². The Labute approximate surface area is 70.7 Å². The average molecular weight is 155 g/mol. The molecule has 0 spiro atoms. The first-order chi connectivity index (χ1) is 5.00. The Bertz CT molecular complexity index is 145. The van der Waals surface area contributed by atoms with E-state index in [4.69, 9.17) is 5.73 Å². The van der Waals surface area contributed by atoms with Crippen molar-refractivity contribution < 1.29 is 0 Å². The Morgan fingerprint density at radius 3 is 2.00 bits per heavy atom. The monoisotopic (exact) mass is 155 g/mol. The van der Waals surface area contributed by atoms with Crippen LogP contribution in [0.25, 0.3) is 0 Å². The normalized spacial score (nSPS) is 19.1. The number of nitrogens with two attached hydrogens (primary N) is 1. The first-order valence-electron chi connectivity index (χ1n) is 4.42. The molecule has 0 amide bonds. The van der Waals surface area contributed by atoms with Crippen LogP contribution in [0.3, 0.4) is 0 Å². The molecule has 0 aliphatic rings. The molecule has 2 atom stereocenters. The fourth-order valence-corrected chi connectivity index (χ4v) is 1.06. The van der Waals surface area contributed by atoms with Gasteiger partial charge in [-0.05, 0) is 33.1 Å². The lowest BCUT2D eigenvalue weighted by Gasteiger charge is -2.18. The molecule has 0 heterocycles. The number of rotatable bonds is 3. The second-order valence-electron chi connectivity index (χ2n) is 3.46. The summed E-state index contributed by atoms with van der Waals surface area (Å²) in [5, 5.41) is 0. The molecule has 1 heteroatoms. The number of hydrogen-bond donors (Lipinski definition) is 1. The fraction of sp³-hybridized carbons (Fsp3) is 0.800. The second-order valence-corrected chi connectivity index (χ2v) is 3.46. The van der Waals surface area contributed by atoms with Crippen LogP contribution in [-0.4, -0.2) is 6.04 Å². The number of allylic oxidation sites excluding steroid dienone is 1. The standard InChI is InChI=1S/C10H21N/c1-6-7(2)8(3)9(4)10(5)11/h9-10H,6,11H2,1-5H3/b8-7+/t9-,10+/m1/s1. The molecular weight excluding hydrogens is 134 g/mol. The van der Waals surface area contributed by atoms with Crippen molar-refractivity contribution in [2.45, 2.75) is 47.1 Å². The molecule has 1 nitrogen and oxygen atoms in total. The van der Waals surface area contributed by atoms with Crippen molar-refractivity contribution in [1.29, 1.82) is 0 Å². The van der Waals surface area contributed by atoms with Crippen LogP contribution in [0, 0.1) is 5.92 Å². The molecule has 2 N–H and O–H groups in total. The molecule has 0 unspecified atom stereocenters. The van der Waals surface area contributed by atoms with Gasteiger partial charge in [-0.2, -0.15) is 0 Å². The third-order valence-corrected chi connectivity index (χ3v) is 2.68. The lowest BCUT2D eigenvalue weighted by atomic mass is 9.92. The van der Waals surface area contributed by atoms with Gasteiger partial charge in [-0.3, -0.25) is 0 Å². The Morgan fingerprint density at radius 2 is 1.73 bits per heavy atom. The minimum atomic E-state index is 0.275. The van der Waals surface area contributed by atoms with Crippen LogP contribution in [0.4, 0.5) is 0 Å². The molecule has 0 saturated heterocycles. The van der Waals surface area contributed by atoms with Gasteiger partial charge < -0.3 is 5.73 Å². The summed E-state index contributed by atoms with van der Waals surface area (Å²) in [4.78, 5) is 0. The van der Waals surface area contributed by atoms with Crippen LogP contribution >= 0.6 is 0 Å². The quantitative estimate of drug-likeness (QED) is 0.623. The summed E-state index contributed by atoms with van der Waals surface area (Å²) in [5.41, 5.74) is 8.74. The predicted molar refractivity (Wildman–Crippen MR) is 51.5 cm³/mol. The largest absolute Gasteiger partial charge is 0.327 e. The molecule has 66 valence electrons. The van der Waals surface area contributed by atoms with Crippen molar-refractivity contribution in [3.05, 3.63) is 11.1 Å². The predicted octanol–water partition coefficient (Wildman–Crippen LogP) is 2.72. The smallest absolute Gasteiger partial charge is 0.00734 e. The summed E-state index contributed by atoms with van der Waals surface area (Å²) >= 11 is 0. The van der Waals surface area contributed by atoms with Crippen molar-refractivity contribution in [2.24, 2.45) is 11.7 Å². The highest BCUT2D eigenvalue weighted by Crippen LogP contribution is 2.18. The lowest BCUT2D eigenvalue weighted by Crippen LogP contribution is -2.25. The fourth-order valence-electron chi connectivity index (χ4n) is 1.06. The summed E-state index contributed by atoms with van der Waals surface area (Å²) in [7, 11) is 0. The van der Waals surface area contributed by atoms with Crippen molar-refractivity contribution >= 4 is 0 Å². The van der Waals surface area contributed by atoms with Crippen LogP contribution in [0.5, 0.6) is 0 Å². The molecule has 0 fully saturated rings. The maximum Gasteiger partial charge on any atom is 0.00734 e. The molecule has 0 rings (SSSR count). The van der Waals surface area contributed by atoms with Gasteiger partial charge in [-0.1, -0.05) is 25.0 Å². The van der Waals surface area contributed by atoms with E-state index in [2.05, 4.69) is 34.6 Å². The van der Waals surface area contributed by atoms with E-state index >= 15 is 0 Å². The maximum atomic E-state index is 5.80. The lowest BCUT2D eigenvalue weighted by molar-refractivity contribution is 0.547. The molecule has 0 aromatic rings. The Balaban J connectivity index is 4.33. The van der Waals surface area contributed by atoms with Crippen molar-refractivity contribution in [3.8, 4) is 0 Å². The van der Waals surface area contributed by atoms with Crippen LogP contribution in [0.1, 0.15) is 41.0 Å². The van der Waals surface area contributed by atoms with Gasteiger partial charge in [-0.15, -0.1) is 0 Å². The third-order valence-electron chi connectivity index (χ3n) is 2.68. The van der Waals surface area contributed by atoms with Gasteiger partial charge in [0.2, 0.25) is 0 Å². The summed E-state index contributed by atoms with van der Waals surface area (Å²) < 4.78 is 0. The minimum absolute atomic E-state index is 0.275. The maximum absolute atomic E-state index is 5.80. The zero-order valence-corrected chi connectivity index (χ0v) is 8.44. The summed E-state index contributed by atoms with van der Waals surface area (Å²) in [6.07, 6.45) is 1.14. The zero-order chi connectivity index (χ0) is 9.02. The van der Waals surface area contributed by atoms with E-state index in [1.165, 1.54) is 11.1 Å². The summed E-state index contributed by atoms with van der Waals surface area (Å²) in [5.74, 6) is 0.523. The van der Waals surface area contributed by atoms with E-state index < -0.39 is 0 Å². The van der Waals surface area contributed by atoms with E-state index in [1.54, 1.807) is 0 Å². The van der Waals surface area contributed by atoms with Crippen LogP contribution < -0.4 is 5.73 Å². The molecule has 0 bridgehead atoms. The molecular formula is C10H21N. The molecule has 0 radical (unpaired) electrons. The van der Waals surface area contributed by atoms with Crippen molar-refractivity contribution in [1.82, 2.24) is 0 Å². The van der Waals surface area contributed by atoms with E-state index in [9.17, 15) is 0 Å². The Kier molecular flexibility index (Phi) is 4.43. The highest BCUT2D eigenvalue weighted by molar-refractivity contribution is 5.13. The van der Waals surface area contributed by atoms with Gasteiger partial charge in [0, 0.05) is 6.04 Å². The molecule has 0 aromatic carbocycles. The third kappa shape index (κ3) is 3.06. The number of hydrogen-bond acceptors (Lipinski definition) is 1. The first kappa shape index (κ1) is 10.7. The molecule has 0 saturated carbocycles. The highest BCUT2D eigenvalue weighted by atomic mass is 14.6. The van der Waals surface area contributed by atoms with E-state index in [-0.39, 0.29) is 6.04 Å². The van der Waals surface area contributed by atoms with Gasteiger partial charge in [0.25, 0.3) is 0 Å². The molecule has 0 aliphatic carbocycles. The average Bonchev–Trinajstić information content (AvgIpc) is 2.00. The second kappa shape index (κ2) is 4.55. The van der Waals surface area contributed by atoms with E-state index in [0.29, 0.717) is 5.92 Å². The van der Waals surface area contributed by atoms with Gasteiger partial charge in [0.1, 0.15) is 0 Å². The minimum Gasteiger partial charge on any atom is -0.327 e. The van der Waals surface area contributed by atoms with Gasteiger partial charge in [-0.25, -0.2) is 0 Å². The summed E-state index contributed by atoms with van der Waals surface area (Å²) in [6.45, 7) is 10.8.